The summed E-state index contributed by atoms with van der Waals surface area (Å²) in [7, 11) is 0. The fraction of sp³-hybridized carbons (Fsp3) is 0.182. The van der Waals surface area contributed by atoms with Crippen molar-refractivity contribution in [1.82, 2.24) is 4.98 Å². The Labute approximate surface area is 111 Å². The van der Waals surface area contributed by atoms with Crippen LogP contribution in [0.15, 0.2) is 34.9 Å². The molecule has 16 heavy (non-hydrogen) atoms. The van der Waals surface area contributed by atoms with E-state index in [1.165, 1.54) is 11.3 Å². The smallest absolute Gasteiger partial charge is 0.183 e. The molecule has 0 spiro atoms. The Morgan fingerprint density at radius 3 is 2.94 bits per heavy atom. The van der Waals surface area contributed by atoms with Crippen molar-refractivity contribution in [2.75, 3.05) is 0 Å². The lowest BCUT2D eigenvalue weighted by Gasteiger charge is -2.02. The average molecular weight is 319 g/mol. The molecule has 2 nitrogen and oxygen atoms in total. The Morgan fingerprint density at radius 2 is 2.25 bits per heavy atom. The summed E-state index contributed by atoms with van der Waals surface area (Å²) < 4.78 is 7.19. The van der Waals surface area contributed by atoms with Crippen LogP contribution in [-0.4, -0.2) is 4.98 Å². The highest BCUT2D eigenvalue weighted by Crippen LogP contribution is 2.19. The molecule has 0 radical (unpaired) electrons. The van der Waals surface area contributed by atoms with Crippen molar-refractivity contribution in [1.29, 1.82) is 0 Å². The van der Waals surface area contributed by atoms with Gasteiger partial charge in [0.2, 0.25) is 0 Å². The van der Waals surface area contributed by atoms with Gasteiger partial charge in [-0.2, -0.15) is 0 Å². The molecule has 0 aliphatic rings. The number of thiazole rings is 1. The second-order valence-corrected chi connectivity index (χ2v) is 5.82. The third-order valence-corrected chi connectivity index (χ3v) is 3.51. The Morgan fingerprint density at radius 1 is 1.38 bits per heavy atom. The van der Waals surface area contributed by atoms with Crippen molar-refractivity contribution in [3.63, 3.8) is 0 Å². The zero-order valence-corrected chi connectivity index (χ0v) is 11.5. The summed E-state index contributed by atoms with van der Waals surface area (Å²) in [5.41, 5.74) is 1.14. The molecular formula is C11H9BrClNOS. The zero-order chi connectivity index (χ0) is 11.4. The highest BCUT2D eigenvalue weighted by atomic mass is 79.9. The monoisotopic (exact) mass is 317 g/mol. The maximum absolute atomic E-state index is 5.72. The lowest BCUT2D eigenvalue weighted by molar-refractivity contribution is 0.109. The second-order valence-electron chi connectivity index (χ2n) is 3.20. The number of nitrogens with zero attached hydrogens (tertiary/aromatic N) is 1. The number of halogens is 2. The Bertz CT molecular complexity index is 475. The topological polar surface area (TPSA) is 22.1 Å². The fourth-order valence-corrected chi connectivity index (χ4v) is 2.61. The summed E-state index contributed by atoms with van der Waals surface area (Å²) in [6, 6.07) is 8.06. The van der Waals surface area contributed by atoms with Gasteiger partial charge in [0.1, 0.15) is 0 Å². The van der Waals surface area contributed by atoms with E-state index in [1.807, 2.05) is 24.3 Å². The van der Waals surface area contributed by atoms with Crippen LogP contribution >= 0.6 is 38.9 Å². The van der Waals surface area contributed by atoms with Crippen molar-refractivity contribution in [2.45, 2.75) is 13.2 Å². The number of hydrogen-bond acceptors (Lipinski definition) is 3. The maximum Gasteiger partial charge on any atom is 0.183 e. The SMILES string of the molecule is Clc1ncc(COCc2cccc(Br)c2)s1. The number of hydrogen-bond donors (Lipinski definition) is 0. The first-order valence-corrected chi connectivity index (χ1v) is 6.65. The molecule has 0 bridgehead atoms. The molecule has 0 saturated heterocycles. The van der Waals surface area contributed by atoms with E-state index in [-0.39, 0.29) is 0 Å². The highest BCUT2D eigenvalue weighted by molar-refractivity contribution is 9.10. The fourth-order valence-electron chi connectivity index (χ4n) is 1.25. The lowest BCUT2D eigenvalue weighted by atomic mass is 10.2. The van der Waals surface area contributed by atoms with Crippen molar-refractivity contribution >= 4 is 38.9 Å². The Kier molecular flexibility index (Phi) is 4.35. The minimum absolute atomic E-state index is 0.552. The van der Waals surface area contributed by atoms with Gasteiger partial charge in [0.15, 0.2) is 4.47 Å². The molecule has 2 rings (SSSR count). The first kappa shape index (κ1) is 12.0. The summed E-state index contributed by atoms with van der Waals surface area (Å²) in [5.74, 6) is 0. The van der Waals surface area contributed by atoms with Gasteiger partial charge in [-0.25, -0.2) is 4.98 Å². The van der Waals surface area contributed by atoms with E-state index in [0.717, 1.165) is 14.9 Å². The van der Waals surface area contributed by atoms with Gasteiger partial charge in [0.05, 0.1) is 18.1 Å². The summed E-state index contributed by atoms with van der Waals surface area (Å²) in [6.07, 6.45) is 1.74. The zero-order valence-electron chi connectivity index (χ0n) is 8.32. The molecule has 1 heterocycles. The molecule has 0 fully saturated rings. The molecular weight excluding hydrogens is 310 g/mol. The van der Waals surface area contributed by atoms with Crippen molar-refractivity contribution in [3.05, 3.63) is 49.8 Å². The van der Waals surface area contributed by atoms with E-state index in [9.17, 15) is 0 Å². The minimum Gasteiger partial charge on any atom is -0.371 e. The van der Waals surface area contributed by atoms with E-state index in [2.05, 4.69) is 20.9 Å². The predicted molar refractivity (Wildman–Crippen MR) is 69.8 cm³/mol. The van der Waals surface area contributed by atoms with E-state index >= 15 is 0 Å². The third kappa shape index (κ3) is 3.56. The van der Waals surface area contributed by atoms with Crippen LogP contribution < -0.4 is 0 Å². The van der Waals surface area contributed by atoms with E-state index in [1.54, 1.807) is 6.20 Å². The minimum atomic E-state index is 0.552. The molecule has 0 aliphatic heterocycles. The molecule has 0 N–H and O–H groups in total. The van der Waals surface area contributed by atoms with Crippen LogP contribution in [0.5, 0.6) is 0 Å². The summed E-state index contributed by atoms with van der Waals surface area (Å²) in [4.78, 5) is 4.99. The van der Waals surface area contributed by atoms with Crippen LogP contribution in [0.1, 0.15) is 10.4 Å². The highest BCUT2D eigenvalue weighted by Gasteiger charge is 2.00. The van der Waals surface area contributed by atoms with Gasteiger partial charge in [-0.1, -0.05) is 39.7 Å². The third-order valence-electron chi connectivity index (χ3n) is 1.93. The molecule has 0 aliphatic carbocycles. The standard InChI is InChI=1S/C11H9BrClNOS/c12-9-3-1-2-8(4-9)6-15-7-10-5-14-11(13)16-10/h1-5H,6-7H2. The van der Waals surface area contributed by atoms with Crippen molar-refractivity contribution in [3.8, 4) is 0 Å². The average Bonchev–Trinajstić information content (AvgIpc) is 2.64. The van der Waals surface area contributed by atoms with Crippen molar-refractivity contribution < 1.29 is 4.74 Å². The summed E-state index contributed by atoms with van der Waals surface area (Å²) >= 11 is 10.6. The van der Waals surface area contributed by atoms with Crippen LogP contribution in [0.3, 0.4) is 0 Å². The number of aromatic nitrogens is 1. The molecule has 2 aromatic rings. The molecule has 0 unspecified atom stereocenters. The normalized spacial score (nSPS) is 10.6. The van der Waals surface area contributed by atoms with Crippen LogP contribution in [-0.2, 0) is 18.0 Å². The number of rotatable bonds is 4. The molecule has 0 atom stereocenters. The summed E-state index contributed by atoms with van der Waals surface area (Å²) in [6.45, 7) is 1.14. The number of benzene rings is 1. The van der Waals surface area contributed by atoms with Crippen LogP contribution in [0, 0.1) is 0 Å². The Balaban J connectivity index is 1.84. The molecule has 0 saturated carbocycles. The largest absolute Gasteiger partial charge is 0.371 e. The van der Waals surface area contributed by atoms with Gasteiger partial charge >= 0.3 is 0 Å². The molecule has 84 valence electrons. The van der Waals surface area contributed by atoms with Gasteiger partial charge in [0, 0.05) is 10.7 Å². The molecule has 1 aromatic carbocycles. The molecule has 0 amide bonds. The van der Waals surface area contributed by atoms with E-state index in [4.69, 9.17) is 16.3 Å². The van der Waals surface area contributed by atoms with Crippen LogP contribution in [0.2, 0.25) is 4.47 Å². The predicted octanol–water partition coefficient (Wildman–Crippen LogP) is 4.28. The van der Waals surface area contributed by atoms with Gasteiger partial charge in [0.25, 0.3) is 0 Å². The quantitative estimate of drug-likeness (QED) is 0.839. The maximum atomic E-state index is 5.72. The van der Waals surface area contributed by atoms with E-state index in [0.29, 0.717) is 17.7 Å². The van der Waals surface area contributed by atoms with Crippen molar-refractivity contribution in [2.24, 2.45) is 0 Å². The van der Waals surface area contributed by atoms with Gasteiger partial charge in [-0.15, -0.1) is 11.3 Å². The first-order valence-electron chi connectivity index (χ1n) is 4.66. The van der Waals surface area contributed by atoms with Crippen LogP contribution in [0.25, 0.3) is 0 Å². The molecule has 1 aromatic heterocycles. The van der Waals surface area contributed by atoms with Gasteiger partial charge in [-0.3, -0.25) is 0 Å². The second kappa shape index (κ2) is 5.77. The van der Waals surface area contributed by atoms with Crippen LogP contribution in [0.4, 0.5) is 0 Å². The molecule has 5 heteroatoms. The van der Waals surface area contributed by atoms with Gasteiger partial charge in [-0.05, 0) is 17.7 Å². The Hall–Kier alpha value is -0.420. The van der Waals surface area contributed by atoms with E-state index < -0.39 is 0 Å². The number of ether oxygens (including phenoxy) is 1. The summed E-state index contributed by atoms with van der Waals surface area (Å²) in [5, 5.41) is 0. The van der Waals surface area contributed by atoms with Gasteiger partial charge < -0.3 is 4.74 Å². The lowest BCUT2D eigenvalue weighted by Crippen LogP contribution is -1.92. The first-order chi connectivity index (χ1) is 7.74.